The summed E-state index contributed by atoms with van der Waals surface area (Å²) < 4.78 is 4.78. The monoisotopic (exact) mass is 214 g/mol. The highest BCUT2D eigenvalue weighted by atomic mass is 16.5. The summed E-state index contributed by atoms with van der Waals surface area (Å²) in [6, 6.07) is -0.550. The lowest BCUT2D eigenvalue weighted by Crippen LogP contribution is -2.46. The zero-order valence-electron chi connectivity index (χ0n) is 9.21. The first-order valence-electron chi connectivity index (χ1n) is 5.30. The van der Waals surface area contributed by atoms with E-state index in [4.69, 9.17) is 4.74 Å². The van der Waals surface area contributed by atoms with Crippen LogP contribution in [0.25, 0.3) is 0 Å². The van der Waals surface area contributed by atoms with Gasteiger partial charge in [-0.05, 0) is 32.9 Å². The molecule has 0 radical (unpaired) electrons. The van der Waals surface area contributed by atoms with E-state index in [9.17, 15) is 9.59 Å². The summed E-state index contributed by atoms with van der Waals surface area (Å²) in [5.74, 6) is -0.0426. The number of nitrogens with one attached hydrogen (secondary N) is 2. The number of carbonyl (C=O) groups is 2. The molecule has 0 aromatic heterocycles. The van der Waals surface area contributed by atoms with E-state index < -0.39 is 6.04 Å². The largest absolute Gasteiger partial charge is 0.464 e. The summed E-state index contributed by atoms with van der Waals surface area (Å²) in [4.78, 5) is 22.6. The number of amides is 1. The molecular formula is C10H18N2O3. The molecule has 1 aliphatic rings. The van der Waals surface area contributed by atoms with Crippen molar-refractivity contribution >= 4 is 11.9 Å². The summed E-state index contributed by atoms with van der Waals surface area (Å²) in [6.07, 6.45) is 0.483. The van der Waals surface area contributed by atoms with Gasteiger partial charge in [0.25, 0.3) is 0 Å². The van der Waals surface area contributed by atoms with E-state index in [1.165, 1.54) is 0 Å². The minimum Gasteiger partial charge on any atom is -0.464 e. The molecule has 0 spiro atoms. The van der Waals surface area contributed by atoms with Gasteiger partial charge in [0.15, 0.2) is 0 Å². The van der Waals surface area contributed by atoms with E-state index in [0.29, 0.717) is 18.9 Å². The quantitative estimate of drug-likeness (QED) is 0.615. The van der Waals surface area contributed by atoms with Crippen molar-refractivity contribution in [2.75, 3.05) is 19.7 Å². The van der Waals surface area contributed by atoms with E-state index in [2.05, 4.69) is 10.6 Å². The maximum Gasteiger partial charge on any atom is 0.328 e. The van der Waals surface area contributed by atoms with Gasteiger partial charge in [-0.1, -0.05) is 0 Å². The molecule has 1 rings (SSSR count). The Morgan fingerprint density at radius 2 is 2.20 bits per heavy atom. The second-order valence-electron chi connectivity index (χ2n) is 3.77. The van der Waals surface area contributed by atoms with Gasteiger partial charge in [-0.25, -0.2) is 4.79 Å². The molecule has 0 bridgehead atoms. The van der Waals surface area contributed by atoms with Gasteiger partial charge in [0.1, 0.15) is 6.04 Å². The van der Waals surface area contributed by atoms with Crippen LogP contribution in [0.15, 0.2) is 0 Å². The SMILES string of the molecule is CCOC(=O)C(C)NC(=O)CC1CNC1. The van der Waals surface area contributed by atoms with Crippen LogP contribution in [0, 0.1) is 5.92 Å². The molecule has 0 saturated carbocycles. The maximum atomic E-state index is 11.4. The smallest absolute Gasteiger partial charge is 0.328 e. The van der Waals surface area contributed by atoms with Gasteiger partial charge in [0.2, 0.25) is 5.91 Å². The van der Waals surface area contributed by atoms with E-state index in [0.717, 1.165) is 13.1 Å². The van der Waals surface area contributed by atoms with Crippen molar-refractivity contribution in [3.05, 3.63) is 0 Å². The predicted molar refractivity (Wildman–Crippen MR) is 55.2 cm³/mol. The zero-order chi connectivity index (χ0) is 11.3. The van der Waals surface area contributed by atoms with Crippen LogP contribution in [0.2, 0.25) is 0 Å². The number of rotatable bonds is 5. The standard InChI is InChI=1S/C10H18N2O3/c1-3-15-10(14)7(2)12-9(13)4-8-5-11-6-8/h7-8,11H,3-6H2,1-2H3,(H,12,13). The third-order valence-electron chi connectivity index (χ3n) is 2.36. The van der Waals surface area contributed by atoms with Gasteiger partial charge < -0.3 is 15.4 Å². The van der Waals surface area contributed by atoms with Crippen LogP contribution in [0.5, 0.6) is 0 Å². The van der Waals surface area contributed by atoms with Crippen molar-refractivity contribution in [2.24, 2.45) is 5.92 Å². The molecule has 0 aliphatic carbocycles. The minimum absolute atomic E-state index is 0.0814. The molecule has 1 fully saturated rings. The first-order chi connectivity index (χ1) is 7.13. The summed E-state index contributed by atoms with van der Waals surface area (Å²) >= 11 is 0. The van der Waals surface area contributed by atoms with Crippen molar-refractivity contribution in [2.45, 2.75) is 26.3 Å². The van der Waals surface area contributed by atoms with Crippen molar-refractivity contribution in [3.8, 4) is 0 Å². The fourth-order valence-corrected chi connectivity index (χ4v) is 1.38. The Balaban J connectivity index is 2.20. The molecule has 1 aliphatic heterocycles. The number of esters is 1. The van der Waals surface area contributed by atoms with E-state index in [1.807, 2.05) is 0 Å². The molecule has 1 unspecified atom stereocenters. The van der Waals surface area contributed by atoms with Crippen LogP contribution in [0.1, 0.15) is 20.3 Å². The average molecular weight is 214 g/mol. The van der Waals surface area contributed by atoms with Crippen molar-refractivity contribution in [1.29, 1.82) is 0 Å². The number of hydrogen-bond donors (Lipinski definition) is 2. The first kappa shape index (κ1) is 12.0. The molecule has 5 heteroatoms. The average Bonchev–Trinajstić information content (AvgIpc) is 2.12. The lowest BCUT2D eigenvalue weighted by Gasteiger charge is -2.26. The molecule has 86 valence electrons. The van der Waals surface area contributed by atoms with Crippen LogP contribution in [0.3, 0.4) is 0 Å². The Bertz CT molecular complexity index is 239. The minimum atomic E-state index is -0.550. The van der Waals surface area contributed by atoms with Gasteiger partial charge in [-0.3, -0.25) is 4.79 Å². The van der Waals surface area contributed by atoms with Crippen LogP contribution < -0.4 is 10.6 Å². The van der Waals surface area contributed by atoms with Crippen LogP contribution in [-0.2, 0) is 14.3 Å². The molecule has 1 saturated heterocycles. The Hall–Kier alpha value is -1.10. The molecule has 15 heavy (non-hydrogen) atoms. The summed E-state index contributed by atoms with van der Waals surface area (Å²) in [5, 5.41) is 5.71. The van der Waals surface area contributed by atoms with Gasteiger partial charge in [-0.15, -0.1) is 0 Å². The molecule has 0 aromatic rings. The second-order valence-corrected chi connectivity index (χ2v) is 3.77. The molecule has 1 amide bonds. The third-order valence-corrected chi connectivity index (χ3v) is 2.36. The molecule has 5 nitrogen and oxygen atoms in total. The maximum absolute atomic E-state index is 11.4. The van der Waals surface area contributed by atoms with Crippen LogP contribution >= 0.6 is 0 Å². The van der Waals surface area contributed by atoms with E-state index in [-0.39, 0.29) is 11.9 Å². The Labute approximate surface area is 89.6 Å². The van der Waals surface area contributed by atoms with Gasteiger partial charge in [0.05, 0.1) is 6.61 Å². The molecule has 1 heterocycles. The second kappa shape index (κ2) is 5.70. The third kappa shape index (κ3) is 3.87. The Morgan fingerprint density at radius 1 is 1.53 bits per heavy atom. The number of carbonyl (C=O) groups excluding carboxylic acids is 2. The molecule has 2 N–H and O–H groups in total. The Morgan fingerprint density at radius 3 is 2.67 bits per heavy atom. The number of hydrogen-bond acceptors (Lipinski definition) is 4. The fourth-order valence-electron chi connectivity index (χ4n) is 1.38. The van der Waals surface area contributed by atoms with Crippen molar-refractivity contribution in [1.82, 2.24) is 10.6 Å². The van der Waals surface area contributed by atoms with Crippen molar-refractivity contribution < 1.29 is 14.3 Å². The van der Waals surface area contributed by atoms with Crippen LogP contribution in [0.4, 0.5) is 0 Å². The summed E-state index contributed by atoms with van der Waals surface area (Å²) in [6.45, 7) is 5.50. The lowest BCUT2D eigenvalue weighted by molar-refractivity contribution is -0.147. The zero-order valence-corrected chi connectivity index (χ0v) is 9.21. The highest BCUT2D eigenvalue weighted by molar-refractivity contribution is 5.84. The highest BCUT2D eigenvalue weighted by Gasteiger charge is 2.22. The fraction of sp³-hybridized carbons (Fsp3) is 0.800. The first-order valence-corrected chi connectivity index (χ1v) is 5.30. The van der Waals surface area contributed by atoms with Gasteiger partial charge >= 0.3 is 5.97 Å². The molecular weight excluding hydrogens is 196 g/mol. The summed E-state index contributed by atoms with van der Waals surface area (Å²) in [5.41, 5.74) is 0. The van der Waals surface area contributed by atoms with Crippen LogP contribution in [-0.4, -0.2) is 37.6 Å². The van der Waals surface area contributed by atoms with E-state index >= 15 is 0 Å². The molecule has 1 atom stereocenters. The topological polar surface area (TPSA) is 67.4 Å². The van der Waals surface area contributed by atoms with Gasteiger partial charge in [0, 0.05) is 6.42 Å². The summed E-state index contributed by atoms with van der Waals surface area (Å²) in [7, 11) is 0. The number of ether oxygens (including phenoxy) is 1. The van der Waals surface area contributed by atoms with E-state index in [1.54, 1.807) is 13.8 Å². The molecule has 0 aromatic carbocycles. The highest BCUT2D eigenvalue weighted by Crippen LogP contribution is 2.07. The Kier molecular flexibility index (Phi) is 4.55. The predicted octanol–water partition coefficient (Wildman–Crippen LogP) is -0.336. The lowest BCUT2D eigenvalue weighted by atomic mass is 9.99. The normalized spacial score (nSPS) is 17.7. The van der Waals surface area contributed by atoms with Gasteiger partial charge in [-0.2, -0.15) is 0 Å². The van der Waals surface area contributed by atoms with Crippen molar-refractivity contribution in [3.63, 3.8) is 0 Å².